The van der Waals surface area contributed by atoms with Crippen molar-refractivity contribution >= 4 is 35.5 Å². The van der Waals surface area contributed by atoms with Crippen molar-refractivity contribution in [3.63, 3.8) is 0 Å². The van der Waals surface area contributed by atoms with Gasteiger partial charge in [0.2, 0.25) is 6.41 Å². The first-order valence-electron chi connectivity index (χ1n) is 6.06. The van der Waals surface area contributed by atoms with Crippen LogP contribution in [0, 0.1) is 0 Å². The minimum Gasteiger partial charge on any atom is -0.480 e. The predicted octanol–water partition coefficient (Wildman–Crippen LogP) is 1.62. The number of aliphatic carboxylic acids is 1. The first-order valence-corrected chi connectivity index (χ1v) is 8.16. The molecule has 0 aliphatic rings. The van der Waals surface area contributed by atoms with E-state index < -0.39 is 12.0 Å². The van der Waals surface area contributed by atoms with Crippen molar-refractivity contribution in [1.29, 1.82) is 0 Å². The Labute approximate surface area is 128 Å². The fourth-order valence-corrected chi connectivity index (χ4v) is 3.02. The number of hydrogen-bond donors (Lipinski definition) is 2. The zero-order valence-electron chi connectivity index (χ0n) is 10.9. The number of carboxylic acid groups (broad SMARTS) is 1. The Morgan fingerprint density at radius 1 is 1.62 bits per heavy atom. The topological polar surface area (TPSA) is 105 Å². The number of thioether (sulfide) groups is 1. The number of carbonyl (C=O) groups excluding carboxylic acids is 1. The zero-order chi connectivity index (χ0) is 15.1. The molecular formula is C12H13N3O4S2. The van der Waals surface area contributed by atoms with E-state index in [1.54, 1.807) is 11.3 Å². The van der Waals surface area contributed by atoms with Crippen molar-refractivity contribution < 1.29 is 19.2 Å². The maximum absolute atomic E-state index is 10.8. The van der Waals surface area contributed by atoms with E-state index in [0.717, 1.165) is 5.56 Å². The minimum atomic E-state index is -1.04. The standard InChI is InChI=1S/C12H13N3O4S2/c16-7-13-9(12(17)18)2-4-21-6-10-14-11(19-15-10)8-1-3-20-5-8/h1,3,5,7,9H,2,4,6H2,(H,13,16)(H,17,18). The van der Waals surface area contributed by atoms with Crippen LogP contribution in [-0.4, -0.2) is 39.4 Å². The van der Waals surface area contributed by atoms with Crippen molar-refractivity contribution in [2.75, 3.05) is 5.75 Å². The number of carbonyl (C=O) groups is 2. The first kappa shape index (κ1) is 15.5. The van der Waals surface area contributed by atoms with E-state index in [0.29, 0.717) is 36.1 Å². The van der Waals surface area contributed by atoms with E-state index in [4.69, 9.17) is 9.63 Å². The third kappa shape index (κ3) is 4.57. The molecule has 112 valence electrons. The van der Waals surface area contributed by atoms with Gasteiger partial charge in [0, 0.05) is 5.38 Å². The highest BCUT2D eigenvalue weighted by Crippen LogP contribution is 2.21. The van der Waals surface area contributed by atoms with E-state index in [9.17, 15) is 9.59 Å². The molecule has 0 aliphatic carbocycles. The molecule has 7 nitrogen and oxygen atoms in total. The van der Waals surface area contributed by atoms with Crippen LogP contribution in [0.2, 0.25) is 0 Å². The van der Waals surface area contributed by atoms with Crippen LogP contribution in [0.3, 0.4) is 0 Å². The van der Waals surface area contributed by atoms with Crippen LogP contribution >= 0.6 is 23.1 Å². The summed E-state index contributed by atoms with van der Waals surface area (Å²) in [6.45, 7) is 0. The van der Waals surface area contributed by atoms with Gasteiger partial charge >= 0.3 is 5.97 Å². The number of hydrogen-bond acceptors (Lipinski definition) is 7. The number of rotatable bonds is 9. The lowest BCUT2D eigenvalue weighted by Crippen LogP contribution is -2.36. The Morgan fingerprint density at radius 3 is 3.14 bits per heavy atom. The molecular weight excluding hydrogens is 314 g/mol. The van der Waals surface area contributed by atoms with Gasteiger partial charge in [-0.25, -0.2) is 4.79 Å². The van der Waals surface area contributed by atoms with Crippen LogP contribution < -0.4 is 5.32 Å². The largest absolute Gasteiger partial charge is 0.480 e. The molecule has 0 saturated carbocycles. The Morgan fingerprint density at radius 2 is 2.48 bits per heavy atom. The number of nitrogens with one attached hydrogen (secondary N) is 1. The van der Waals surface area contributed by atoms with Crippen LogP contribution in [0.5, 0.6) is 0 Å². The molecule has 21 heavy (non-hydrogen) atoms. The average molecular weight is 327 g/mol. The molecule has 0 radical (unpaired) electrons. The summed E-state index contributed by atoms with van der Waals surface area (Å²) in [5.41, 5.74) is 0.893. The third-order valence-electron chi connectivity index (χ3n) is 2.59. The monoisotopic (exact) mass is 327 g/mol. The van der Waals surface area contributed by atoms with Gasteiger partial charge in [0.15, 0.2) is 5.82 Å². The van der Waals surface area contributed by atoms with Crippen molar-refractivity contribution in [2.45, 2.75) is 18.2 Å². The molecule has 1 unspecified atom stereocenters. The SMILES string of the molecule is O=CNC(CCSCc1noc(-c2ccsc2)n1)C(=O)O. The summed E-state index contributed by atoms with van der Waals surface area (Å²) < 4.78 is 5.14. The van der Waals surface area contributed by atoms with Gasteiger partial charge in [-0.15, -0.1) is 0 Å². The van der Waals surface area contributed by atoms with Gasteiger partial charge in [-0.05, 0) is 23.6 Å². The Hall–Kier alpha value is -1.87. The molecule has 2 rings (SSSR count). The predicted molar refractivity (Wildman–Crippen MR) is 79.0 cm³/mol. The van der Waals surface area contributed by atoms with E-state index in [1.165, 1.54) is 11.8 Å². The molecule has 2 N–H and O–H groups in total. The maximum Gasteiger partial charge on any atom is 0.326 e. The summed E-state index contributed by atoms with van der Waals surface area (Å²) in [5.74, 6) is 1.11. The second-order valence-corrected chi connectivity index (χ2v) is 5.93. The van der Waals surface area contributed by atoms with Crippen LogP contribution in [-0.2, 0) is 15.3 Å². The molecule has 1 amide bonds. The normalized spacial score (nSPS) is 12.0. The van der Waals surface area contributed by atoms with Crippen LogP contribution in [0.25, 0.3) is 11.5 Å². The van der Waals surface area contributed by atoms with Gasteiger partial charge in [-0.1, -0.05) is 5.16 Å². The van der Waals surface area contributed by atoms with Gasteiger partial charge in [0.05, 0.1) is 11.3 Å². The highest BCUT2D eigenvalue weighted by atomic mass is 32.2. The molecule has 0 fully saturated rings. The second kappa shape index (κ2) is 7.79. The van der Waals surface area contributed by atoms with E-state index in [2.05, 4.69) is 15.5 Å². The molecule has 2 aromatic rings. The maximum atomic E-state index is 10.8. The van der Waals surface area contributed by atoms with E-state index >= 15 is 0 Å². The highest BCUT2D eigenvalue weighted by Gasteiger charge is 2.16. The summed E-state index contributed by atoms with van der Waals surface area (Å²) in [5, 5.41) is 18.8. The van der Waals surface area contributed by atoms with Crippen molar-refractivity contribution in [2.24, 2.45) is 0 Å². The molecule has 0 spiro atoms. The molecule has 2 heterocycles. The van der Waals surface area contributed by atoms with Crippen LogP contribution in [0.15, 0.2) is 21.3 Å². The number of carboxylic acids is 1. The molecule has 0 saturated heterocycles. The molecule has 0 aromatic carbocycles. The molecule has 0 bridgehead atoms. The fraction of sp³-hybridized carbons (Fsp3) is 0.333. The van der Waals surface area contributed by atoms with Gasteiger partial charge in [0.25, 0.3) is 5.89 Å². The lowest BCUT2D eigenvalue weighted by atomic mass is 10.2. The smallest absolute Gasteiger partial charge is 0.326 e. The number of thiophene rings is 1. The van der Waals surface area contributed by atoms with Gasteiger partial charge in [-0.3, -0.25) is 4.79 Å². The molecule has 9 heteroatoms. The summed E-state index contributed by atoms with van der Waals surface area (Å²) in [4.78, 5) is 25.4. The van der Waals surface area contributed by atoms with Gasteiger partial charge in [0.1, 0.15) is 6.04 Å². The van der Waals surface area contributed by atoms with Crippen molar-refractivity contribution in [1.82, 2.24) is 15.5 Å². The number of amides is 1. The van der Waals surface area contributed by atoms with E-state index in [-0.39, 0.29) is 0 Å². The van der Waals surface area contributed by atoms with Crippen molar-refractivity contribution in [3.8, 4) is 11.5 Å². The minimum absolute atomic E-state index is 0.341. The summed E-state index contributed by atoms with van der Waals surface area (Å²) in [6, 6.07) is 1.04. The molecule has 0 aliphatic heterocycles. The van der Waals surface area contributed by atoms with Gasteiger partial charge < -0.3 is 14.9 Å². The fourth-order valence-electron chi connectivity index (χ4n) is 1.54. The summed E-state index contributed by atoms with van der Waals surface area (Å²) in [6.07, 6.45) is 0.740. The zero-order valence-corrected chi connectivity index (χ0v) is 12.5. The van der Waals surface area contributed by atoms with Crippen molar-refractivity contribution in [3.05, 3.63) is 22.7 Å². The Balaban J connectivity index is 1.76. The number of aromatic nitrogens is 2. The Kier molecular flexibility index (Phi) is 5.76. The highest BCUT2D eigenvalue weighted by molar-refractivity contribution is 7.98. The molecule has 2 aromatic heterocycles. The Bertz CT molecular complexity index is 585. The second-order valence-electron chi connectivity index (χ2n) is 4.04. The summed E-state index contributed by atoms with van der Waals surface area (Å²) in [7, 11) is 0. The summed E-state index contributed by atoms with van der Waals surface area (Å²) >= 11 is 3.04. The lowest BCUT2D eigenvalue weighted by molar-refractivity contribution is -0.140. The van der Waals surface area contributed by atoms with E-state index in [1.807, 2.05) is 16.8 Å². The number of nitrogens with zero attached hydrogens (tertiary/aromatic N) is 2. The third-order valence-corrected chi connectivity index (χ3v) is 4.26. The van der Waals surface area contributed by atoms with Crippen LogP contribution in [0.4, 0.5) is 0 Å². The average Bonchev–Trinajstić information content (AvgIpc) is 3.12. The molecule has 1 atom stereocenters. The first-order chi connectivity index (χ1) is 10.2. The van der Waals surface area contributed by atoms with Gasteiger partial charge in [-0.2, -0.15) is 28.1 Å². The lowest BCUT2D eigenvalue weighted by Gasteiger charge is -2.09. The quantitative estimate of drug-likeness (QED) is 0.532. The van der Waals surface area contributed by atoms with Crippen LogP contribution in [0.1, 0.15) is 12.2 Å².